The zero-order valence-electron chi connectivity index (χ0n) is 8.01. The second kappa shape index (κ2) is 4.29. The third-order valence-electron chi connectivity index (χ3n) is 1.78. The number of carbonyl (C=O) groups excluding carboxylic acids is 1. The van der Waals surface area contributed by atoms with Crippen LogP contribution in [0.15, 0.2) is 30.3 Å². The number of hydrogen-bond acceptors (Lipinski definition) is 1. The molecule has 4 heteroatoms. The average Bonchev–Trinajstić information content (AvgIpc) is 2.15. The molecule has 0 atom stereocenters. The topological polar surface area (TPSA) is 17.1 Å². The Morgan fingerprint density at radius 3 is 2.20 bits per heavy atom. The lowest BCUT2D eigenvalue weighted by Gasteiger charge is -1.99. The number of allylic oxidation sites excluding steroid dienone is 1. The van der Waals surface area contributed by atoms with Crippen LogP contribution in [0.1, 0.15) is 11.1 Å². The summed E-state index contributed by atoms with van der Waals surface area (Å²) in [5.74, 6) is -1.84. The number of halogens is 3. The molecule has 15 heavy (non-hydrogen) atoms. The molecule has 1 nitrogen and oxygen atoms in total. The van der Waals surface area contributed by atoms with E-state index in [4.69, 9.17) is 0 Å². The minimum absolute atomic E-state index is 0.532. The first-order chi connectivity index (χ1) is 6.89. The van der Waals surface area contributed by atoms with E-state index >= 15 is 0 Å². The molecule has 0 unspecified atom stereocenters. The van der Waals surface area contributed by atoms with Crippen molar-refractivity contribution in [2.75, 3.05) is 0 Å². The Kier molecular flexibility index (Phi) is 3.29. The Labute approximate surface area is 85.2 Å². The Hall–Kier alpha value is -1.58. The maximum atomic E-state index is 11.8. The molecule has 0 saturated carbocycles. The van der Waals surface area contributed by atoms with Gasteiger partial charge in [0, 0.05) is 0 Å². The fourth-order valence-electron chi connectivity index (χ4n) is 0.944. The van der Waals surface area contributed by atoms with E-state index < -0.39 is 12.0 Å². The number of benzene rings is 1. The molecular formula is C11H9F3O. The first kappa shape index (κ1) is 11.5. The van der Waals surface area contributed by atoms with Crippen LogP contribution in [0.2, 0.25) is 0 Å². The van der Waals surface area contributed by atoms with Gasteiger partial charge in [-0.05, 0) is 18.6 Å². The summed E-state index contributed by atoms with van der Waals surface area (Å²) >= 11 is 0. The van der Waals surface area contributed by atoms with Gasteiger partial charge in [-0.15, -0.1) is 0 Å². The summed E-state index contributed by atoms with van der Waals surface area (Å²) in [6.45, 7) is 1.87. The summed E-state index contributed by atoms with van der Waals surface area (Å²) in [6, 6.07) is 6.82. The quantitative estimate of drug-likeness (QED) is 0.691. The normalized spacial score (nSPS) is 12.0. The van der Waals surface area contributed by atoms with E-state index in [1.807, 2.05) is 6.92 Å². The van der Waals surface area contributed by atoms with Crippen molar-refractivity contribution in [3.63, 3.8) is 0 Å². The largest absolute Gasteiger partial charge is 0.454 e. The first-order valence-electron chi connectivity index (χ1n) is 4.25. The summed E-state index contributed by atoms with van der Waals surface area (Å²) in [4.78, 5) is 10.5. The molecule has 0 amide bonds. The van der Waals surface area contributed by atoms with Crippen LogP contribution in [-0.2, 0) is 4.79 Å². The van der Waals surface area contributed by atoms with E-state index in [2.05, 4.69) is 0 Å². The van der Waals surface area contributed by atoms with E-state index in [-0.39, 0.29) is 0 Å². The molecule has 0 aliphatic rings. The molecule has 0 aliphatic carbocycles. The standard InChI is InChI=1S/C11H9F3O/c1-8-2-4-9(5-3-8)6-7-10(15)11(12,13)14/h2-7H,1H3/b7-6+. The number of rotatable bonds is 2. The van der Waals surface area contributed by atoms with Crippen molar-refractivity contribution in [1.82, 2.24) is 0 Å². The van der Waals surface area contributed by atoms with Crippen molar-refractivity contribution in [2.45, 2.75) is 13.1 Å². The van der Waals surface area contributed by atoms with Crippen molar-refractivity contribution < 1.29 is 18.0 Å². The van der Waals surface area contributed by atoms with Gasteiger partial charge >= 0.3 is 6.18 Å². The lowest BCUT2D eigenvalue weighted by molar-refractivity contribution is -0.165. The van der Waals surface area contributed by atoms with Gasteiger partial charge < -0.3 is 0 Å². The summed E-state index contributed by atoms with van der Waals surface area (Å²) < 4.78 is 35.4. The van der Waals surface area contributed by atoms with Crippen LogP contribution in [0, 0.1) is 6.92 Å². The van der Waals surface area contributed by atoms with Gasteiger partial charge in [-0.25, -0.2) is 0 Å². The fourth-order valence-corrected chi connectivity index (χ4v) is 0.944. The predicted molar refractivity (Wildman–Crippen MR) is 51.3 cm³/mol. The molecule has 0 radical (unpaired) electrons. The van der Waals surface area contributed by atoms with Crippen molar-refractivity contribution in [1.29, 1.82) is 0 Å². The molecule has 1 aromatic rings. The van der Waals surface area contributed by atoms with Crippen molar-refractivity contribution in [3.8, 4) is 0 Å². The molecule has 0 bridgehead atoms. The minimum atomic E-state index is -4.79. The van der Waals surface area contributed by atoms with Crippen LogP contribution in [0.3, 0.4) is 0 Å². The summed E-state index contributed by atoms with van der Waals surface area (Å²) in [5.41, 5.74) is 1.58. The monoisotopic (exact) mass is 214 g/mol. The summed E-state index contributed by atoms with van der Waals surface area (Å²) in [5, 5.41) is 0. The van der Waals surface area contributed by atoms with Gasteiger partial charge in [-0.1, -0.05) is 35.9 Å². The van der Waals surface area contributed by atoms with Gasteiger partial charge in [0.1, 0.15) is 0 Å². The van der Waals surface area contributed by atoms with Gasteiger partial charge in [0.05, 0.1) is 0 Å². The summed E-state index contributed by atoms with van der Waals surface area (Å²) in [7, 11) is 0. The third-order valence-corrected chi connectivity index (χ3v) is 1.78. The molecule has 0 saturated heterocycles. The van der Waals surface area contributed by atoms with Gasteiger partial charge in [0.25, 0.3) is 5.78 Å². The third kappa shape index (κ3) is 3.58. The SMILES string of the molecule is Cc1ccc(/C=C/C(=O)C(F)(F)F)cc1. The Balaban J connectivity index is 2.74. The Morgan fingerprint density at radius 2 is 1.73 bits per heavy atom. The molecule has 0 aliphatic heterocycles. The van der Waals surface area contributed by atoms with Gasteiger partial charge in [-0.3, -0.25) is 4.79 Å². The highest BCUT2D eigenvalue weighted by Gasteiger charge is 2.35. The Morgan fingerprint density at radius 1 is 1.20 bits per heavy atom. The molecule has 0 N–H and O–H groups in total. The van der Waals surface area contributed by atoms with E-state index in [1.165, 1.54) is 0 Å². The zero-order chi connectivity index (χ0) is 11.5. The molecule has 80 valence electrons. The fraction of sp³-hybridized carbons (Fsp3) is 0.182. The molecule has 1 rings (SSSR count). The number of carbonyl (C=O) groups is 1. The van der Waals surface area contributed by atoms with Crippen LogP contribution in [-0.4, -0.2) is 12.0 Å². The van der Waals surface area contributed by atoms with Crippen molar-refractivity contribution >= 4 is 11.9 Å². The number of hydrogen-bond donors (Lipinski definition) is 0. The van der Waals surface area contributed by atoms with E-state index in [0.717, 1.165) is 11.6 Å². The first-order valence-corrected chi connectivity index (χ1v) is 4.25. The van der Waals surface area contributed by atoms with E-state index in [9.17, 15) is 18.0 Å². The second-order valence-corrected chi connectivity index (χ2v) is 3.11. The number of alkyl halides is 3. The van der Waals surface area contributed by atoms with Crippen molar-refractivity contribution in [2.24, 2.45) is 0 Å². The molecular weight excluding hydrogens is 205 g/mol. The average molecular weight is 214 g/mol. The van der Waals surface area contributed by atoms with E-state index in [0.29, 0.717) is 11.6 Å². The van der Waals surface area contributed by atoms with Crippen LogP contribution in [0.25, 0.3) is 6.08 Å². The van der Waals surface area contributed by atoms with Crippen molar-refractivity contribution in [3.05, 3.63) is 41.5 Å². The Bertz CT molecular complexity index is 374. The minimum Gasteiger partial charge on any atom is -0.285 e. The number of ketones is 1. The predicted octanol–water partition coefficient (Wildman–Crippen LogP) is 3.14. The van der Waals surface area contributed by atoms with Crippen LogP contribution in [0.4, 0.5) is 13.2 Å². The maximum absolute atomic E-state index is 11.8. The lowest BCUT2D eigenvalue weighted by atomic mass is 10.1. The molecule has 0 heterocycles. The maximum Gasteiger partial charge on any atom is 0.454 e. The summed E-state index contributed by atoms with van der Waals surface area (Å²) in [6.07, 6.45) is -3.11. The highest BCUT2D eigenvalue weighted by molar-refractivity contribution is 5.97. The van der Waals surface area contributed by atoms with Gasteiger partial charge in [0.2, 0.25) is 0 Å². The molecule has 1 aromatic carbocycles. The highest BCUT2D eigenvalue weighted by atomic mass is 19.4. The van der Waals surface area contributed by atoms with Crippen LogP contribution >= 0.6 is 0 Å². The van der Waals surface area contributed by atoms with Gasteiger partial charge in [-0.2, -0.15) is 13.2 Å². The molecule has 0 aromatic heterocycles. The highest BCUT2D eigenvalue weighted by Crippen LogP contribution is 2.17. The second-order valence-electron chi connectivity index (χ2n) is 3.11. The molecule has 0 fully saturated rings. The molecule has 0 spiro atoms. The van der Waals surface area contributed by atoms with Gasteiger partial charge in [0.15, 0.2) is 0 Å². The van der Waals surface area contributed by atoms with Crippen LogP contribution in [0.5, 0.6) is 0 Å². The lowest BCUT2D eigenvalue weighted by Crippen LogP contribution is -2.19. The van der Waals surface area contributed by atoms with E-state index in [1.54, 1.807) is 24.3 Å². The zero-order valence-corrected chi connectivity index (χ0v) is 8.01. The smallest absolute Gasteiger partial charge is 0.285 e. The van der Waals surface area contributed by atoms with Crippen LogP contribution < -0.4 is 0 Å². The number of aryl methyl sites for hydroxylation is 1.